The zero-order valence-electron chi connectivity index (χ0n) is 14.3. The number of imidazole rings is 1. The number of anilines is 1. The molecule has 0 bridgehead atoms. The molecule has 1 aromatic carbocycles. The number of hydrogen-bond donors (Lipinski definition) is 2. The molecule has 24 heavy (non-hydrogen) atoms. The summed E-state index contributed by atoms with van der Waals surface area (Å²) in [7, 11) is 0. The molecule has 126 valence electrons. The van der Waals surface area contributed by atoms with Crippen LogP contribution < -0.4 is 11.2 Å². The number of pyridine rings is 1. The summed E-state index contributed by atoms with van der Waals surface area (Å²) in [6.45, 7) is 11.1. The van der Waals surface area contributed by atoms with Crippen LogP contribution in [0.15, 0.2) is 36.5 Å². The van der Waals surface area contributed by atoms with E-state index in [2.05, 4.69) is 41.5 Å². The molecule has 0 aliphatic heterocycles. The van der Waals surface area contributed by atoms with Gasteiger partial charge in [0, 0.05) is 17.6 Å². The smallest absolute Gasteiger partial charge is 0.152 e. The largest absolute Gasteiger partial charge is 0.382 e. The Morgan fingerprint density at radius 2 is 2.08 bits per heavy atom. The molecule has 2 aromatic heterocycles. The van der Waals surface area contributed by atoms with Crippen molar-refractivity contribution in [2.75, 3.05) is 5.73 Å². The van der Waals surface area contributed by atoms with E-state index < -0.39 is 0 Å². The fourth-order valence-electron chi connectivity index (χ4n) is 2.80. The molecule has 3 N–H and O–H groups in total. The molecule has 0 saturated heterocycles. The van der Waals surface area contributed by atoms with Crippen LogP contribution in [0.5, 0.6) is 0 Å². The van der Waals surface area contributed by atoms with Crippen molar-refractivity contribution in [3.05, 3.63) is 42.4 Å². The Morgan fingerprint density at radius 3 is 2.79 bits per heavy atom. The maximum atomic E-state index is 6.15. The first-order chi connectivity index (χ1) is 11.5. The summed E-state index contributed by atoms with van der Waals surface area (Å²) in [5.74, 6) is 1.72. The summed E-state index contributed by atoms with van der Waals surface area (Å²) >= 11 is 0. The molecule has 3 rings (SSSR count). The molecule has 6 nitrogen and oxygen atoms in total. The predicted molar refractivity (Wildman–Crippen MR) is 97.0 cm³/mol. The van der Waals surface area contributed by atoms with Crippen LogP contribution in [0.3, 0.4) is 0 Å². The van der Waals surface area contributed by atoms with Gasteiger partial charge >= 0.3 is 0 Å². The normalized spacial score (nSPS) is 11.5. The molecular weight excluding hydrogens is 302 g/mol. The third-order valence-electron chi connectivity index (χ3n) is 3.68. The molecule has 0 radical (unpaired) electrons. The first kappa shape index (κ1) is 16.3. The topological polar surface area (TPSA) is 78.0 Å². The van der Waals surface area contributed by atoms with Crippen LogP contribution in [0, 0.1) is 5.92 Å². The summed E-state index contributed by atoms with van der Waals surface area (Å²) in [5, 5.41) is 1.05. The average molecular weight is 325 g/mol. The van der Waals surface area contributed by atoms with Gasteiger partial charge in [-0.1, -0.05) is 38.6 Å². The summed E-state index contributed by atoms with van der Waals surface area (Å²) in [6, 6.07) is 7.99. The van der Waals surface area contributed by atoms with Gasteiger partial charge in [0.25, 0.3) is 0 Å². The maximum absolute atomic E-state index is 6.15. The number of fused-ring (bicyclic) bond motifs is 3. The van der Waals surface area contributed by atoms with Crippen LogP contribution >= 0.6 is 0 Å². The molecule has 0 amide bonds. The van der Waals surface area contributed by atoms with E-state index in [4.69, 9.17) is 15.6 Å². The van der Waals surface area contributed by atoms with Crippen molar-refractivity contribution in [1.82, 2.24) is 20.0 Å². The number of para-hydroxylation sites is 1. The highest BCUT2D eigenvalue weighted by atomic mass is 16.6. The summed E-state index contributed by atoms with van der Waals surface area (Å²) in [4.78, 5) is 14.7. The van der Waals surface area contributed by atoms with E-state index in [-0.39, 0.29) is 0 Å². The Balaban J connectivity index is 2.18. The third-order valence-corrected chi connectivity index (χ3v) is 3.68. The molecular formula is C18H23N5O. The number of aromatic nitrogens is 3. The van der Waals surface area contributed by atoms with E-state index in [1.54, 1.807) is 0 Å². The monoisotopic (exact) mass is 325 g/mol. The number of hydroxylamine groups is 1. The number of nitrogen functional groups attached to an aromatic ring is 1. The SMILES string of the molecule is C=C(C)NOCc1nc2c(N)nc3ccccc3c2n1CC(C)C. The van der Waals surface area contributed by atoms with Crippen molar-refractivity contribution in [1.29, 1.82) is 0 Å². The number of nitrogens with two attached hydrogens (primary N) is 1. The van der Waals surface area contributed by atoms with Crippen molar-refractivity contribution in [3.8, 4) is 0 Å². The van der Waals surface area contributed by atoms with Crippen LogP contribution in [0.4, 0.5) is 5.82 Å². The van der Waals surface area contributed by atoms with Gasteiger partial charge in [-0.2, -0.15) is 0 Å². The summed E-state index contributed by atoms with van der Waals surface area (Å²) in [5.41, 5.74) is 12.3. The van der Waals surface area contributed by atoms with Crippen molar-refractivity contribution in [2.45, 2.75) is 33.9 Å². The highest BCUT2D eigenvalue weighted by Gasteiger charge is 2.18. The predicted octanol–water partition coefficient (Wildman–Crippen LogP) is 3.38. The second-order valence-corrected chi connectivity index (χ2v) is 6.41. The number of benzene rings is 1. The minimum Gasteiger partial charge on any atom is -0.382 e. The van der Waals surface area contributed by atoms with Crippen LogP contribution in [0.25, 0.3) is 21.9 Å². The molecule has 0 aliphatic carbocycles. The number of hydrogen-bond acceptors (Lipinski definition) is 5. The Kier molecular flexibility index (Phi) is 4.40. The number of allylic oxidation sites excluding steroid dienone is 1. The van der Waals surface area contributed by atoms with E-state index in [9.17, 15) is 0 Å². The van der Waals surface area contributed by atoms with Crippen molar-refractivity contribution in [3.63, 3.8) is 0 Å². The first-order valence-electron chi connectivity index (χ1n) is 8.04. The lowest BCUT2D eigenvalue weighted by Crippen LogP contribution is -2.15. The quantitative estimate of drug-likeness (QED) is 0.679. The Hall–Kier alpha value is -2.60. The summed E-state index contributed by atoms with van der Waals surface area (Å²) < 4.78 is 2.18. The van der Waals surface area contributed by atoms with Gasteiger partial charge in [0.2, 0.25) is 0 Å². The van der Waals surface area contributed by atoms with Gasteiger partial charge in [0.1, 0.15) is 17.9 Å². The number of rotatable bonds is 6. The minimum absolute atomic E-state index is 0.321. The van der Waals surface area contributed by atoms with Gasteiger partial charge in [-0.3, -0.25) is 10.3 Å². The van der Waals surface area contributed by atoms with Crippen LogP contribution in [0.2, 0.25) is 0 Å². The van der Waals surface area contributed by atoms with Gasteiger partial charge in [-0.15, -0.1) is 0 Å². The molecule has 2 heterocycles. The van der Waals surface area contributed by atoms with E-state index in [1.165, 1.54) is 0 Å². The number of nitrogens with zero attached hydrogens (tertiary/aromatic N) is 3. The third kappa shape index (κ3) is 3.05. The van der Waals surface area contributed by atoms with E-state index in [0.29, 0.717) is 18.3 Å². The van der Waals surface area contributed by atoms with E-state index in [0.717, 1.165) is 40.0 Å². The first-order valence-corrected chi connectivity index (χ1v) is 8.04. The second kappa shape index (κ2) is 6.49. The molecule has 0 unspecified atom stereocenters. The van der Waals surface area contributed by atoms with Crippen LogP contribution in [-0.4, -0.2) is 14.5 Å². The molecule has 0 spiro atoms. The Morgan fingerprint density at radius 1 is 1.33 bits per heavy atom. The van der Waals surface area contributed by atoms with Crippen molar-refractivity contribution in [2.24, 2.45) is 5.92 Å². The van der Waals surface area contributed by atoms with Gasteiger partial charge in [0.05, 0.1) is 11.0 Å². The highest BCUT2D eigenvalue weighted by molar-refractivity contribution is 6.06. The lowest BCUT2D eigenvalue weighted by molar-refractivity contribution is 0.0436. The standard InChI is InChI=1S/C18H23N5O/c1-11(2)9-23-15(10-24-22-12(3)4)21-16-17(23)13-7-5-6-8-14(13)20-18(16)19/h5-8,11,22H,3,9-10H2,1-2,4H3,(H2,19,20). The average Bonchev–Trinajstić information content (AvgIpc) is 2.86. The van der Waals surface area contributed by atoms with Gasteiger partial charge in [-0.25, -0.2) is 9.97 Å². The van der Waals surface area contributed by atoms with E-state index in [1.807, 2.05) is 25.1 Å². The fourth-order valence-corrected chi connectivity index (χ4v) is 2.80. The minimum atomic E-state index is 0.321. The van der Waals surface area contributed by atoms with Gasteiger partial charge in [0.15, 0.2) is 5.82 Å². The molecule has 0 fully saturated rings. The summed E-state index contributed by atoms with van der Waals surface area (Å²) in [6.07, 6.45) is 0. The van der Waals surface area contributed by atoms with Gasteiger partial charge in [-0.05, 0) is 18.9 Å². The second-order valence-electron chi connectivity index (χ2n) is 6.41. The molecule has 6 heteroatoms. The molecule has 0 saturated carbocycles. The zero-order valence-corrected chi connectivity index (χ0v) is 14.3. The van der Waals surface area contributed by atoms with Crippen molar-refractivity contribution >= 4 is 27.8 Å². The van der Waals surface area contributed by atoms with Crippen molar-refractivity contribution < 1.29 is 4.84 Å². The van der Waals surface area contributed by atoms with E-state index >= 15 is 0 Å². The zero-order chi connectivity index (χ0) is 17.3. The maximum Gasteiger partial charge on any atom is 0.152 e. The molecule has 0 atom stereocenters. The van der Waals surface area contributed by atoms with Crippen LogP contribution in [0.1, 0.15) is 26.6 Å². The van der Waals surface area contributed by atoms with Gasteiger partial charge < -0.3 is 10.3 Å². The molecule has 3 aromatic rings. The lowest BCUT2D eigenvalue weighted by Gasteiger charge is -2.13. The Labute approximate surface area is 141 Å². The molecule has 0 aliphatic rings. The lowest BCUT2D eigenvalue weighted by atomic mass is 10.1. The van der Waals surface area contributed by atoms with Crippen LogP contribution in [-0.2, 0) is 18.0 Å². The highest BCUT2D eigenvalue weighted by Crippen LogP contribution is 2.29. The fraction of sp³-hybridized carbons (Fsp3) is 0.333. The number of nitrogens with one attached hydrogen (secondary N) is 1. The Bertz CT molecular complexity index is 897.